The second-order valence-corrected chi connectivity index (χ2v) is 5.89. The summed E-state index contributed by atoms with van der Waals surface area (Å²) in [6.07, 6.45) is 0. The van der Waals surface area contributed by atoms with Gasteiger partial charge in [-0.25, -0.2) is 13.2 Å². The molecule has 0 aliphatic carbocycles. The number of aliphatic carboxylic acids is 1. The van der Waals surface area contributed by atoms with E-state index in [9.17, 15) is 13.2 Å². The predicted octanol–water partition coefficient (Wildman–Crippen LogP) is 1.36. The number of hydrogen-bond acceptors (Lipinski definition) is 4. The van der Waals surface area contributed by atoms with Gasteiger partial charge in [-0.1, -0.05) is 12.6 Å². The van der Waals surface area contributed by atoms with Crippen LogP contribution in [-0.2, 0) is 14.8 Å². The van der Waals surface area contributed by atoms with Crippen molar-refractivity contribution in [3.05, 3.63) is 29.8 Å². The molecule has 0 aromatic carbocycles. The van der Waals surface area contributed by atoms with Crippen molar-refractivity contribution in [1.29, 1.82) is 0 Å². The van der Waals surface area contributed by atoms with E-state index in [4.69, 9.17) is 5.11 Å². The van der Waals surface area contributed by atoms with E-state index >= 15 is 0 Å². The Bertz CT molecular complexity index is 490. The smallest absolute Gasteiger partial charge is 0.352 e. The Labute approximate surface area is 97.7 Å². The molecule has 0 saturated carbocycles. The van der Waals surface area contributed by atoms with Crippen molar-refractivity contribution in [1.82, 2.24) is 4.31 Å². The zero-order valence-electron chi connectivity index (χ0n) is 8.58. The fraction of sp³-hybridized carbons (Fsp3) is 0.222. The summed E-state index contributed by atoms with van der Waals surface area (Å²) < 4.78 is 24.9. The molecule has 0 amide bonds. The van der Waals surface area contributed by atoms with E-state index in [-0.39, 0.29) is 10.8 Å². The number of thiophene rings is 1. The molecule has 0 bridgehead atoms. The van der Waals surface area contributed by atoms with Gasteiger partial charge in [0.1, 0.15) is 9.91 Å². The summed E-state index contributed by atoms with van der Waals surface area (Å²) in [6.45, 7) is 4.84. The molecule has 7 heteroatoms. The van der Waals surface area contributed by atoms with Crippen molar-refractivity contribution in [2.75, 3.05) is 6.54 Å². The van der Waals surface area contributed by atoms with E-state index in [1.807, 2.05) is 0 Å². The number of carboxylic acid groups (broad SMARTS) is 1. The minimum Gasteiger partial charge on any atom is -0.477 e. The van der Waals surface area contributed by atoms with Gasteiger partial charge in [0.25, 0.3) is 10.0 Å². The lowest BCUT2D eigenvalue weighted by Gasteiger charge is -2.21. The fourth-order valence-corrected chi connectivity index (χ4v) is 3.68. The van der Waals surface area contributed by atoms with Crippen LogP contribution in [0.4, 0.5) is 0 Å². The normalized spacial score (nSPS) is 11.1. The van der Waals surface area contributed by atoms with Crippen molar-refractivity contribution in [3.8, 4) is 0 Å². The Balaban J connectivity index is 3.16. The molecule has 0 fully saturated rings. The Morgan fingerprint density at radius 3 is 2.62 bits per heavy atom. The monoisotopic (exact) mass is 261 g/mol. The first-order valence-corrected chi connectivity index (χ1v) is 6.71. The van der Waals surface area contributed by atoms with Crippen LogP contribution in [0.1, 0.15) is 6.92 Å². The summed E-state index contributed by atoms with van der Waals surface area (Å²) in [6, 6.07) is 3.02. The van der Waals surface area contributed by atoms with E-state index in [1.165, 1.54) is 6.07 Å². The molecule has 0 radical (unpaired) electrons. The van der Waals surface area contributed by atoms with Gasteiger partial charge in [-0.15, -0.1) is 11.3 Å². The fourth-order valence-electron chi connectivity index (χ4n) is 1.13. The Kier molecular flexibility index (Phi) is 3.71. The van der Waals surface area contributed by atoms with Crippen LogP contribution in [0.5, 0.6) is 0 Å². The van der Waals surface area contributed by atoms with Gasteiger partial charge in [0, 0.05) is 6.54 Å². The van der Waals surface area contributed by atoms with Crippen molar-refractivity contribution < 1.29 is 18.3 Å². The molecule has 0 atom stereocenters. The van der Waals surface area contributed by atoms with Crippen LogP contribution < -0.4 is 0 Å². The number of hydrogen-bond donors (Lipinski definition) is 1. The van der Waals surface area contributed by atoms with Crippen LogP contribution in [0.3, 0.4) is 0 Å². The third-order valence-corrected chi connectivity index (χ3v) is 5.16. The first kappa shape index (κ1) is 12.7. The van der Waals surface area contributed by atoms with Gasteiger partial charge in [0.05, 0.1) is 0 Å². The molecule has 5 nitrogen and oxygen atoms in total. The van der Waals surface area contributed by atoms with Crippen LogP contribution >= 0.6 is 11.3 Å². The Hall–Kier alpha value is -1.34. The Morgan fingerprint density at radius 1 is 1.62 bits per heavy atom. The van der Waals surface area contributed by atoms with Gasteiger partial charge in [-0.05, 0) is 18.4 Å². The molecule has 0 saturated heterocycles. The molecule has 1 N–H and O–H groups in total. The standard InChI is InChI=1S/C9H11NO4S2/c1-3-10(7(2)9(11)12)16(13,14)8-5-4-6-15-8/h4-6H,2-3H2,1H3,(H,11,12). The maximum absolute atomic E-state index is 12.0. The second kappa shape index (κ2) is 4.67. The highest BCUT2D eigenvalue weighted by Gasteiger charge is 2.28. The van der Waals surface area contributed by atoms with E-state index < -0.39 is 21.7 Å². The number of carbonyl (C=O) groups is 1. The van der Waals surface area contributed by atoms with Gasteiger partial charge >= 0.3 is 5.97 Å². The topological polar surface area (TPSA) is 74.7 Å². The molecule has 1 aromatic heterocycles. The molecule has 16 heavy (non-hydrogen) atoms. The zero-order chi connectivity index (χ0) is 12.3. The third-order valence-electron chi connectivity index (χ3n) is 1.87. The van der Waals surface area contributed by atoms with Crippen molar-refractivity contribution >= 4 is 27.3 Å². The molecular weight excluding hydrogens is 250 g/mol. The Morgan fingerprint density at radius 2 is 2.25 bits per heavy atom. The summed E-state index contributed by atoms with van der Waals surface area (Å²) in [5.74, 6) is -1.35. The van der Waals surface area contributed by atoms with Gasteiger partial charge in [-0.2, -0.15) is 0 Å². The molecule has 1 aromatic rings. The van der Waals surface area contributed by atoms with E-state index in [1.54, 1.807) is 18.4 Å². The van der Waals surface area contributed by atoms with Crippen LogP contribution in [0.2, 0.25) is 0 Å². The minimum atomic E-state index is -3.78. The van der Waals surface area contributed by atoms with E-state index in [0.717, 1.165) is 15.6 Å². The first-order valence-electron chi connectivity index (χ1n) is 4.39. The van der Waals surface area contributed by atoms with Crippen molar-refractivity contribution in [2.45, 2.75) is 11.1 Å². The van der Waals surface area contributed by atoms with E-state index in [0.29, 0.717) is 0 Å². The number of likely N-dealkylation sites (N-methyl/N-ethyl adjacent to an activating group) is 1. The molecule has 0 spiro atoms. The van der Waals surface area contributed by atoms with Gasteiger partial charge < -0.3 is 5.11 Å². The molecular formula is C9H11NO4S2. The van der Waals surface area contributed by atoms with Gasteiger partial charge in [-0.3, -0.25) is 4.31 Å². The predicted molar refractivity (Wildman–Crippen MR) is 60.7 cm³/mol. The van der Waals surface area contributed by atoms with Gasteiger partial charge in [0.15, 0.2) is 0 Å². The highest BCUT2D eigenvalue weighted by Crippen LogP contribution is 2.23. The summed E-state index contributed by atoms with van der Waals surface area (Å²) >= 11 is 1.04. The average Bonchev–Trinajstić information content (AvgIpc) is 2.71. The second-order valence-electron chi connectivity index (χ2n) is 2.85. The molecule has 88 valence electrons. The quantitative estimate of drug-likeness (QED) is 0.812. The largest absolute Gasteiger partial charge is 0.477 e. The van der Waals surface area contributed by atoms with Crippen LogP contribution in [0, 0.1) is 0 Å². The SMILES string of the molecule is C=C(C(=O)O)N(CC)S(=O)(=O)c1cccs1. The summed E-state index contributed by atoms with van der Waals surface area (Å²) in [5, 5.41) is 10.4. The lowest BCUT2D eigenvalue weighted by atomic mass is 10.5. The number of rotatable bonds is 5. The van der Waals surface area contributed by atoms with Crippen molar-refractivity contribution in [2.24, 2.45) is 0 Å². The minimum absolute atomic E-state index is 0.0331. The van der Waals surface area contributed by atoms with E-state index in [2.05, 4.69) is 6.58 Å². The molecule has 1 heterocycles. The number of carboxylic acids is 1. The lowest BCUT2D eigenvalue weighted by molar-refractivity contribution is -0.133. The summed E-state index contributed by atoms with van der Waals surface area (Å²) in [5.41, 5.74) is -0.448. The number of sulfonamides is 1. The molecule has 0 aliphatic heterocycles. The zero-order valence-corrected chi connectivity index (χ0v) is 10.2. The highest BCUT2D eigenvalue weighted by atomic mass is 32.2. The number of nitrogens with zero attached hydrogens (tertiary/aromatic N) is 1. The van der Waals surface area contributed by atoms with Crippen LogP contribution in [-0.4, -0.2) is 30.3 Å². The maximum Gasteiger partial charge on any atom is 0.352 e. The first-order chi connectivity index (χ1) is 7.41. The molecule has 0 aliphatic rings. The van der Waals surface area contributed by atoms with Crippen molar-refractivity contribution in [3.63, 3.8) is 0 Å². The summed E-state index contributed by atoms with van der Waals surface area (Å²) in [4.78, 5) is 10.7. The lowest BCUT2D eigenvalue weighted by Crippen LogP contribution is -2.32. The summed E-state index contributed by atoms with van der Waals surface area (Å²) in [7, 11) is -3.78. The van der Waals surface area contributed by atoms with Crippen LogP contribution in [0.25, 0.3) is 0 Å². The maximum atomic E-state index is 12.0. The highest BCUT2D eigenvalue weighted by molar-refractivity contribution is 7.91. The third kappa shape index (κ3) is 2.25. The molecule has 0 unspecified atom stereocenters. The van der Waals surface area contributed by atoms with Crippen LogP contribution in [0.15, 0.2) is 34.0 Å². The average molecular weight is 261 g/mol. The van der Waals surface area contributed by atoms with Gasteiger partial charge in [0.2, 0.25) is 0 Å². The molecule has 1 rings (SSSR count).